The van der Waals surface area contributed by atoms with Gasteiger partial charge in [0.1, 0.15) is 11.5 Å². The van der Waals surface area contributed by atoms with E-state index in [4.69, 9.17) is 4.52 Å². The number of carboxylic acids is 1. The minimum Gasteiger partial charge on any atom is -0.543 e. The quantitative estimate of drug-likeness (QED) is 0.617. The molecule has 1 aliphatic rings. The highest BCUT2D eigenvalue weighted by molar-refractivity contribution is 5.85. The van der Waals surface area contributed by atoms with E-state index in [-0.39, 0.29) is 5.69 Å². The topological polar surface area (TPSA) is 66.2 Å². The molecule has 1 aromatic rings. The second-order valence-corrected chi connectivity index (χ2v) is 3.57. The van der Waals surface area contributed by atoms with Crippen LogP contribution in [0.25, 0.3) is 0 Å². The Morgan fingerprint density at radius 3 is 3.15 bits per heavy atom. The van der Waals surface area contributed by atoms with Gasteiger partial charge in [-0.2, -0.15) is 0 Å². The zero-order valence-electron chi connectivity index (χ0n) is 7.37. The average molecular weight is 180 g/mol. The number of carbonyl (C=O) groups is 1. The summed E-state index contributed by atoms with van der Waals surface area (Å²) in [6.45, 7) is 2.09. The van der Waals surface area contributed by atoms with Gasteiger partial charge in [0.25, 0.3) is 0 Å². The van der Waals surface area contributed by atoms with Crippen LogP contribution >= 0.6 is 0 Å². The van der Waals surface area contributed by atoms with Crippen LogP contribution in [0, 0.1) is 5.92 Å². The third-order valence-corrected chi connectivity index (χ3v) is 2.48. The molecule has 70 valence electrons. The molecule has 0 amide bonds. The summed E-state index contributed by atoms with van der Waals surface area (Å²) in [7, 11) is 0. The molecule has 13 heavy (non-hydrogen) atoms. The van der Waals surface area contributed by atoms with Gasteiger partial charge in [0, 0.05) is 12.0 Å². The molecule has 0 aromatic carbocycles. The number of rotatable bonds is 1. The van der Waals surface area contributed by atoms with Crippen molar-refractivity contribution in [3.8, 4) is 0 Å². The van der Waals surface area contributed by atoms with Crippen LogP contribution in [0.15, 0.2) is 4.52 Å². The molecule has 1 atom stereocenters. The highest BCUT2D eigenvalue weighted by Crippen LogP contribution is 2.27. The van der Waals surface area contributed by atoms with Gasteiger partial charge in [-0.15, -0.1) is 0 Å². The van der Waals surface area contributed by atoms with Crippen molar-refractivity contribution in [1.82, 2.24) is 5.16 Å². The number of aromatic carboxylic acids is 1. The Morgan fingerprint density at radius 1 is 1.69 bits per heavy atom. The number of hydrogen-bond acceptors (Lipinski definition) is 4. The van der Waals surface area contributed by atoms with Crippen molar-refractivity contribution < 1.29 is 14.4 Å². The predicted molar refractivity (Wildman–Crippen MR) is 42.0 cm³/mol. The van der Waals surface area contributed by atoms with Crippen LogP contribution in [0.1, 0.15) is 35.2 Å². The number of carbonyl (C=O) groups excluding carboxylic acids is 1. The molecular formula is C9H10NO3-. The molecule has 0 aliphatic heterocycles. The normalized spacial score (nSPS) is 21.2. The van der Waals surface area contributed by atoms with E-state index >= 15 is 0 Å². The van der Waals surface area contributed by atoms with Crippen LogP contribution in [0.2, 0.25) is 0 Å². The van der Waals surface area contributed by atoms with Gasteiger partial charge in [-0.1, -0.05) is 12.1 Å². The lowest BCUT2D eigenvalue weighted by atomic mass is 9.88. The van der Waals surface area contributed by atoms with Gasteiger partial charge in [-0.05, 0) is 18.8 Å². The van der Waals surface area contributed by atoms with E-state index in [9.17, 15) is 9.90 Å². The summed E-state index contributed by atoms with van der Waals surface area (Å²) in [4.78, 5) is 10.6. The molecule has 4 heteroatoms. The van der Waals surface area contributed by atoms with Gasteiger partial charge < -0.3 is 14.4 Å². The molecule has 0 bridgehead atoms. The first-order valence-corrected chi connectivity index (χ1v) is 4.37. The third-order valence-electron chi connectivity index (χ3n) is 2.48. The minimum absolute atomic E-state index is 0.0125. The van der Waals surface area contributed by atoms with Crippen LogP contribution in [0.5, 0.6) is 0 Å². The molecule has 0 radical (unpaired) electrons. The molecule has 0 fully saturated rings. The Balaban J connectivity index is 2.41. The first kappa shape index (κ1) is 8.29. The lowest BCUT2D eigenvalue weighted by molar-refractivity contribution is -0.255. The predicted octanol–water partition coefficient (Wildman–Crippen LogP) is 0.163. The van der Waals surface area contributed by atoms with Crippen molar-refractivity contribution in [1.29, 1.82) is 0 Å². The first-order chi connectivity index (χ1) is 6.18. The van der Waals surface area contributed by atoms with Gasteiger partial charge in [0.15, 0.2) is 0 Å². The third kappa shape index (κ3) is 1.32. The van der Waals surface area contributed by atoms with E-state index in [0.29, 0.717) is 5.92 Å². The standard InChI is InChI=1S/C9H11NO3/c1-5-2-3-7-6(4-5)8(9(11)12)10-13-7/h5H,2-4H2,1H3,(H,11,12)/p-1/t5-/m1/s1. The van der Waals surface area contributed by atoms with Crippen molar-refractivity contribution in [2.75, 3.05) is 0 Å². The maximum absolute atomic E-state index is 10.6. The molecule has 2 rings (SSSR count). The summed E-state index contributed by atoms with van der Waals surface area (Å²) in [6.07, 6.45) is 2.56. The van der Waals surface area contributed by atoms with Gasteiger partial charge in [-0.3, -0.25) is 0 Å². The van der Waals surface area contributed by atoms with Crippen LogP contribution in [-0.2, 0) is 12.8 Å². The largest absolute Gasteiger partial charge is 0.543 e. The first-order valence-electron chi connectivity index (χ1n) is 4.37. The summed E-state index contributed by atoms with van der Waals surface area (Å²) in [5.41, 5.74) is 0.723. The second-order valence-electron chi connectivity index (χ2n) is 3.57. The Kier molecular flexibility index (Phi) is 1.83. The zero-order valence-corrected chi connectivity index (χ0v) is 7.37. The molecule has 0 unspecified atom stereocenters. The van der Waals surface area contributed by atoms with Gasteiger partial charge in [0.05, 0.1) is 5.97 Å². The summed E-state index contributed by atoms with van der Waals surface area (Å²) in [5, 5.41) is 14.1. The number of carboxylic acid groups (broad SMARTS) is 1. The molecule has 1 aliphatic carbocycles. The number of hydrogen-bond donors (Lipinski definition) is 0. The summed E-state index contributed by atoms with van der Waals surface area (Å²) < 4.78 is 4.93. The fraction of sp³-hybridized carbons (Fsp3) is 0.556. The highest BCUT2D eigenvalue weighted by Gasteiger charge is 2.23. The molecule has 1 heterocycles. The number of aryl methyl sites for hydroxylation is 1. The van der Waals surface area contributed by atoms with E-state index in [1.54, 1.807) is 0 Å². The fourth-order valence-corrected chi connectivity index (χ4v) is 1.74. The second kappa shape index (κ2) is 2.87. The van der Waals surface area contributed by atoms with E-state index in [1.165, 1.54) is 0 Å². The monoisotopic (exact) mass is 180 g/mol. The van der Waals surface area contributed by atoms with E-state index in [2.05, 4.69) is 12.1 Å². The Bertz CT molecular complexity index is 343. The van der Waals surface area contributed by atoms with Crippen LogP contribution < -0.4 is 5.11 Å². The average Bonchev–Trinajstić information content (AvgIpc) is 2.46. The smallest absolute Gasteiger partial charge is 0.140 e. The molecule has 4 nitrogen and oxygen atoms in total. The van der Waals surface area contributed by atoms with Crippen molar-refractivity contribution in [3.63, 3.8) is 0 Å². The number of nitrogens with zero attached hydrogens (tertiary/aromatic N) is 1. The maximum atomic E-state index is 10.6. The molecule has 0 saturated heterocycles. The number of fused-ring (bicyclic) bond motifs is 1. The van der Waals surface area contributed by atoms with E-state index < -0.39 is 5.97 Å². The van der Waals surface area contributed by atoms with Crippen molar-refractivity contribution in [2.24, 2.45) is 5.92 Å². The maximum Gasteiger partial charge on any atom is 0.140 e. The Labute approximate surface area is 75.5 Å². The van der Waals surface area contributed by atoms with E-state index in [1.807, 2.05) is 0 Å². The molecule has 0 spiro atoms. The van der Waals surface area contributed by atoms with E-state index in [0.717, 1.165) is 30.6 Å². The van der Waals surface area contributed by atoms with Crippen LogP contribution in [0.4, 0.5) is 0 Å². The Morgan fingerprint density at radius 2 is 2.46 bits per heavy atom. The molecule has 0 N–H and O–H groups in total. The summed E-state index contributed by atoms with van der Waals surface area (Å²) >= 11 is 0. The van der Waals surface area contributed by atoms with Gasteiger partial charge in [-0.25, -0.2) is 0 Å². The number of aromatic nitrogens is 1. The van der Waals surface area contributed by atoms with Crippen LogP contribution in [0.3, 0.4) is 0 Å². The summed E-state index contributed by atoms with van der Waals surface area (Å²) in [6, 6.07) is 0. The van der Waals surface area contributed by atoms with Crippen molar-refractivity contribution >= 4 is 5.97 Å². The zero-order chi connectivity index (χ0) is 9.42. The van der Waals surface area contributed by atoms with Gasteiger partial charge in [0.2, 0.25) is 0 Å². The van der Waals surface area contributed by atoms with Crippen LogP contribution in [-0.4, -0.2) is 11.1 Å². The molecule has 0 saturated carbocycles. The SMILES string of the molecule is C[C@@H]1CCc2onc(C(=O)[O-])c2C1. The molecule has 1 aromatic heterocycles. The lowest BCUT2D eigenvalue weighted by Gasteiger charge is -2.16. The minimum atomic E-state index is -1.24. The van der Waals surface area contributed by atoms with Crippen molar-refractivity contribution in [3.05, 3.63) is 17.0 Å². The fourth-order valence-electron chi connectivity index (χ4n) is 1.74. The summed E-state index contributed by atoms with van der Waals surface area (Å²) in [5.74, 6) is -0.0126. The molecular weight excluding hydrogens is 170 g/mol. The lowest BCUT2D eigenvalue weighted by Crippen LogP contribution is -2.25. The van der Waals surface area contributed by atoms with Crippen molar-refractivity contribution in [2.45, 2.75) is 26.2 Å². The Hall–Kier alpha value is -1.32. The van der Waals surface area contributed by atoms with Gasteiger partial charge >= 0.3 is 0 Å². The highest BCUT2D eigenvalue weighted by atomic mass is 16.5.